The number of nitro groups is 1. The Bertz CT molecular complexity index is 1580. The standard InChI is InChI=1S/C25H14Br2F3N3O6S/c26-15-3-1-2-4-17(15)31-22(34)12-32-23(35)21(40-24(32)36)10-13-5-7-19(16(27)9-13)39-20-8-6-14(25(28,29)30)11-18(20)33(37)38/h1-11H,12H2,(H,31,34)/b21-10+. The van der Waals surface area contributed by atoms with Crippen LogP contribution in [0.15, 0.2) is 74.5 Å². The molecule has 3 amide bonds. The van der Waals surface area contributed by atoms with Crippen LogP contribution in [0.5, 0.6) is 11.5 Å². The van der Waals surface area contributed by atoms with E-state index in [0.717, 1.165) is 11.0 Å². The molecule has 1 saturated heterocycles. The molecule has 0 saturated carbocycles. The van der Waals surface area contributed by atoms with Gasteiger partial charge < -0.3 is 10.1 Å². The molecular formula is C25H14Br2F3N3O6S. The predicted octanol–water partition coefficient (Wildman–Crippen LogP) is 7.61. The number of ether oxygens (including phenoxy) is 1. The maximum Gasteiger partial charge on any atom is 0.416 e. The second-order valence-electron chi connectivity index (χ2n) is 8.03. The summed E-state index contributed by atoms with van der Waals surface area (Å²) in [6.45, 7) is -0.494. The van der Waals surface area contributed by atoms with Gasteiger partial charge in [-0.05, 0) is 91.7 Å². The van der Waals surface area contributed by atoms with E-state index >= 15 is 0 Å². The number of carbonyl (C=O) groups excluding carboxylic acids is 3. The number of imide groups is 1. The molecule has 0 aromatic heterocycles. The lowest BCUT2D eigenvalue weighted by Gasteiger charge is -2.13. The van der Waals surface area contributed by atoms with Crippen LogP contribution in [0.1, 0.15) is 11.1 Å². The second-order valence-corrected chi connectivity index (χ2v) is 10.7. The van der Waals surface area contributed by atoms with Crippen LogP contribution >= 0.6 is 43.6 Å². The average molecular weight is 701 g/mol. The van der Waals surface area contributed by atoms with Crippen molar-refractivity contribution in [3.63, 3.8) is 0 Å². The average Bonchev–Trinajstić information content (AvgIpc) is 3.13. The number of carbonyl (C=O) groups is 3. The highest BCUT2D eigenvalue weighted by molar-refractivity contribution is 9.11. The molecule has 3 aromatic rings. The van der Waals surface area contributed by atoms with E-state index in [1.54, 1.807) is 24.3 Å². The van der Waals surface area contributed by atoms with Gasteiger partial charge in [0.1, 0.15) is 12.3 Å². The summed E-state index contributed by atoms with van der Waals surface area (Å²) in [5.41, 5.74) is -1.16. The van der Waals surface area contributed by atoms with Crippen molar-refractivity contribution in [1.29, 1.82) is 0 Å². The van der Waals surface area contributed by atoms with Crippen molar-refractivity contribution in [1.82, 2.24) is 4.90 Å². The zero-order valence-corrected chi connectivity index (χ0v) is 23.7. The third-order valence-electron chi connectivity index (χ3n) is 5.28. The van der Waals surface area contributed by atoms with E-state index in [9.17, 15) is 37.7 Å². The molecule has 9 nitrogen and oxygen atoms in total. The molecule has 0 spiro atoms. The largest absolute Gasteiger partial charge is 0.449 e. The number of alkyl halides is 3. The zero-order valence-electron chi connectivity index (χ0n) is 19.7. The van der Waals surface area contributed by atoms with E-state index in [2.05, 4.69) is 37.2 Å². The van der Waals surface area contributed by atoms with Gasteiger partial charge in [-0.2, -0.15) is 13.2 Å². The van der Waals surface area contributed by atoms with E-state index in [-0.39, 0.29) is 15.1 Å². The third kappa shape index (κ3) is 6.71. The lowest BCUT2D eigenvalue weighted by atomic mass is 10.1. The van der Waals surface area contributed by atoms with Gasteiger partial charge in [0.2, 0.25) is 11.7 Å². The molecule has 40 heavy (non-hydrogen) atoms. The number of para-hydroxylation sites is 1. The van der Waals surface area contributed by atoms with Crippen molar-refractivity contribution in [3.05, 3.63) is 95.8 Å². The fraction of sp³-hybridized carbons (Fsp3) is 0.0800. The Morgan fingerprint density at radius 1 is 1.05 bits per heavy atom. The van der Waals surface area contributed by atoms with Crippen molar-refractivity contribution in [2.45, 2.75) is 6.18 Å². The molecule has 1 N–H and O–H groups in total. The van der Waals surface area contributed by atoms with Gasteiger partial charge in [0, 0.05) is 10.5 Å². The van der Waals surface area contributed by atoms with Crippen LogP contribution in [0.2, 0.25) is 0 Å². The number of amides is 3. The van der Waals surface area contributed by atoms with Crippen molar-refractivity contribution in [2.24, 2.45) is 0 Å². The van der Waals surface area contributed by atoms with Crippen LogP contribution in [0.3, 0.4) is 0 Å². The summed E-state index contributed by atoms with van der Waals surface area (Å²) in [4.78, 5) is 48.9. The van der Waals surface area contributed by atoms with Crippen molar-refractivity contribution in [3.8, 4) is 11.5 Å². The molecular weight excluding hydrogens is 687 g/mol. The Morgan fingerprint density at radius 3 is 2.40 bits per heavy atom. The lowest BCUT2D eigenvalue weighted by Crippen LogP contribution is -2.36. The van der Waals surface area contributed by atoms with Gasteiger partial charge >= 0.3 is 11.9 Å². The molecule has 1 heterocycles. The molecule has 0 radical (unpaired) electrons. The first kappa shape index (κ1) is 29.3. The van der Waals surface area contributed by atoms with Crippen LogP contribution in [0, 0.1) is 10.1 Å². The van der Waals surface area contributed by atoms with Gasteiger partial charge in [0.15, 0.2) is 0 Å². The number of rotatable bonds is 7. The Morgan fingerprint density at radius 2 is 1.75 bits per heavy atom. The van der Waals surface area contributed by atoms with E-state index in [1.165, 1.54) is 24.3 Å². The smallest absolute Gasteiger partial charge is 0.416 e. The van der Waals surface area contributed by atoms with Crippen LogP contribution in [0.25, 0.3) is 6.08 Å². The minimum absolute atomic E-state index is 0.0526. The molecule has 1 aliphatic heterocycles. The number of benzene rings is 3. The first-order valence-electron chi connectivity index (χ1n) is 11.0. The van der Waals surface area contributed by atoms with E-state index in [4.69, 9.17) is 4.74 Å². The van der Waals surface area contributed by atoms with Crippen molar-refractivity contribution < 1.29 is 37.2 Å². The van der Waals surface area contributed by atoms with E-state index < -0.39 is 51.7 Å². The molecule has 15 heteroatoms. The summed E-state index contributed by atoms with van der Waals surface area (Å²) < 4.78 is 45.3. The normalized spacial score (nSPS) is 14.5. The molecule has 1 aliphatic rings. The maximum absolute atomic E-state index is 13.0. The molecule has 0 aliphatic carbocycles. The van der Waals surface area contributed by atoms with Crippen molar-refractivity contribution in [2.75, 3.05) is 11.9 Å². The molecule has 0 atom stereocenters. The molecule has 0 bridgehead atoms. The summed E-state index contributed by atoms with van der Waals surface area (Å²) in [6, 6.07) is 13.1. The van der Waals surface area contributed by atoms with Gasteiger partial charge in [-0.15, -0.1) is 0 Å². The molecule has 4 rings (SSSR count). The summed E-state index contributed by atoms with van der Waals surface area (Å²) >= 11 is 7.18. The predicted molar refractivity (Wildman–Crippen MR) is 148 cm³/mol. The number of anilines is 1. The summed E-state index contributed by atoms with van der Waals surface area (Å²) in [7, 11) is 0. The Labute approximate surface area is 244 Å². The van der Waals surface area contributed by atoms with Crippen LogP contribution in [0.4, 0.5) is 29.3 Å². The zero-order chi connectivity index (χ0) is 29.2. The Kier molecular flexibility index (Phi) is 8.65. The van der Waals surface area contributed by atoms with Gasteiger partial charge in [-0.1, -0.05) is 18.2 Å². The number of nitro benzene ring substituents is 1. The highest BCUT2D eigenvalue weighted by Gasteiger charge is 2.36. The van der Waals surface area contributed by atoms with Crippen molar-refractivity contribution >= 4 is 78.1 Å². The molecule has 206 valence electrons. The Balaban J connectivity index is 1.48. The van der Waals surface area contributed by atoms with E-state index in [0.29, 0.717) is 39.6 Å². The lowest BCUT2D eigenvalue weighted by molar-refractivity contribution is -0.385. The third-order valence-corrected chi connectivity index (χ3v) is 7.50. The summed E-state index contributed by atoms with van der Waals surface area (Å²) in [6.07, 6.45) is -3.36. The van der Waals surface area contributed by atoms with Gasteiger partial charge in [-0.25, -0.2) is 0 Å². The monoisotopic (exact) mass is 699 g/mol. The van der Waals surface area contributed by atoms with E-state index in [1.807, 2.05) is 0 Å². The van der Waals surface area contributed by atoms with Crippen LogP contribution in [-0.2, 0) is 15.8 Å². The Hall–Kier alpha value is -3.69. The second kappa shape index (κ2) is 11.8. The minimum Gasteiger partial charge on any atom is -0.449 e. The fourth-order valence-electron chi connectivity index (χ4n) is 3.41. The molecule has 0 unspecified atom stereocenters. The number of nitrogens with zero attached hydrogens (tertiary/aromatic N) is 2. The maximum atomic E-state index is 13.0. The summed E-state index contributed by atoms with van der Waals surface area (Å²) in [5.74, 6) is -1.60. The van der Waals surface area contributed by atoms with Gasteiger partial charge in [0.25, 0.3) is 11.1 Å². The number of hydrogen-bond acceptors (Lipinski definition) is 7. The number of halogens is 5. The SMILES string of the molecule is O=C(CN1C(=O)S/C(=C/c2ccc(Oc3ccc(C(F)(F)F)cc3[N+](=O)[O-])c(Br)c2)C1=O)Nc1ccccc1Br. The first-order valence-corrected chi connectivity index (χ1v) is 13.4. The highest BCUT2D eigenvalue weighted by atomic mass is 79.9. The molecule has 1 fully saturated rings. The van der Waals surface area contributed by atoms with Crippen LogP contribution < -0.4 is 10.1 Å². The molecule has 3 aromatic carbocycles. The number of thioether (sulfide) groups is 1. The quantitative estimate of drug-likeness (QED) is 0.153. The van der Waals surface area contributed by atoms with Crippen LogP contribution in [-0.4, -0.2) is 33.4 Å². The van der Waals surface area contributed by atoms with Gasteiger partial charge in [0.05, 0.1) is 25.6 Å². The van der Waals surface area contributed by atoms with Gasteiger partial charge in [-0.3, -0.25) is 29.4 Å². The fourth-order valence-corrected chi connectivity index (χ4v) is 5.11. The highest BCUT2D eigenvalue weighted by Crippen LogP contribution is 2.40. The number of hydrogen-bond donors (Lipinski definition) is 1. The summed E-state index contributed by atoms with van der Waals surface area (Å²) in [5, 5.41) is 13.3. The first-order chi connectivity index (χ1) is 18.8. The minimum atomic E-state index is -4.77. The topological polar surface area (TPSA) is 119 Å². The number of nitrogens with one attached hydrogen (secondary N) is 1.